The molecule has 0 aliphatic rings. The molecular weight excluding hydrogens is 639 g/mol. The first-order valence-corrected chi connectivity index (χ1v) is 12.9. The van der Waals surface area contributed by atoms with E-state index < -0.39 is 0 Å². The van der Waals surface area contributed by atoms with E-state index in [1.807, 2.05) is 70.2 Å². The molecule has 4 aromatic rings. The van der Waals surface area contributed by atoms with Crippen LogP contribution in [0.4, 0.5) is 0 Å². The van der Waals surface area contributed by atoms with Crippen LogP contribution >= 0.6 is 0 Å². The van der Waals surface area contributed by atoms with Crippen molar-refractivity contribution in [2.24, 2.45) is 11.8 Å². The van der Waals surface area contributed by atoms with Crippen LogP contribution < -0.4 is 4.74 Å². The second-order valence-electron chi connectivity index (χ2n) is 8.86. The van der Waals surface area contributed by atoms with Crippen molar-refractivity contribution >= 4 is 27.3 Å². The molecule has 1 heterocycles. The molecule has 0 aliphatic heterocycles. The molecule has 0 spiro atoms. The largest absolute Gasteiger partial charge is 0.512 e. The summed E-state index contributed by atoms with van der Waals surface area (Å²) in [5.74, 6) is 1.83. The first kappa shape index (κ1) is 30.2. The Hall–Kier alpha value is -3.01. The minimum atomic E-state index is 0. The van der Waals surface area contributed by atoms with Gasteiger partial charge in [-0.2, -0.15) is 18.2 Å². The van der Waals surface area contributed by atoms with Crippen molar-refractivity contribution in [2.45, 2.75) is 53.4 Å². The number of carbonyl (C=O) groups excluding carboxylic acids is 1. The van der Waals surface area contributed by atoms with Crippen molar-refractivity contribution in [3.8, 4) is 11.6 Å². The van der Waals surface area contributed by atoms with Gasteiger partial charge in [0.15, 0.2) is 5.78 Å². The maximum atomic E-state index is 11.7. The summed E-state index contributed by atoms with van der Waals surface area (Å²) in [4.78, 5) is 16.1. The number of hydrogen-bond donors (Lipinski definition) is 1. The van der Waals surface area contributed by atoms with Gasteiger partial charge in [-0.1, -0.05) is 52.0 Å². The molecule has 3 aromatic carbocycles. The van der Waals surface area contributed by atoms with E-state index in [1.165, 1.54) is 16.8 Å². The standard InChI is InChI=1S/C19H12NO.C13H24O2.Ir/c1-2-8-17(9-3-1)21-19-18-13-15-7-5-4-6-14(15)12-16(18)10-11-20-19;1-5-10(6-2)12(14)9-13(15)11(7-3)8-4;/h1-8,10-13H;9-11,14H,5-8H2,1-4H3;/q-1;;/b;12-9-;. The fourth-order valence-electron chi connectivity index (χ4n) is 4.24. The van der Waals surface area contributed by atoms with Crippen molar-refractivity contribution in [1.29, 1.82) is 0 Å². The van der Waals surface area contributed by atoms with Crippen molar-refractivity contribution < 1.29 is 34.7 Å². The average Bonchev–Trinajstić information content (AvgIpc) is 2.90. The Morgan fingerprint density at radius 3 is 2.11 bits per heavy atom. The molecule has 197 valence electrons. The summed E-state index contributed by atoms with van der Waals surface area (Å²) in [5.41, 5.74) is 0. The van der Waals surface area contributed by atoms with Crippen molar-refractivity contribution in [2.75, 3.05) is 0 Å². The first-order chi connectivity index (χ1) is 17.5. The summed E-state index contributed by atoms with van der Waals surface area (Å²) >= 11 is 0. The summed E-state index contributed by atoms with van der Waals surface area (Å²) in [7, 11) is 0. The smallest absolute Gasteiger partial charge is 0.224 e. The molecule has 5 heteroatoms. The SMILES string of the molecule is CCC(CC)C(=O)/C=C(\O)C(CC)CC.[Ir].[c-]1ccccc1Oc1nccc2cc3ccccc3cc12. The third kappa shape index (κ3) is 8.24. The van der Waals surface area contributed by atoms with E-state index in [4.69, 9.17) is 4.74 Å². The van der Waals surface area contributed by atoms with E-state index in [0.29, 0.717) is 11.6 Å². The minimum absolute atomic E-state index is 0. The summed E-state index contributed by atoms with van der Waals surface area (Å²) in [6, 6.07) is 25.2. The van der Waals surface area contributed by atoms with E-state index in [0.717, 1.165) is 36.5 Å². The van der Waals surface area contributed by atoms with Gasteiger partial charge in [0.25, 0.3) is 0 Å². The van der Waals surface area contributed by atoms with E-state index >= 15 is 0 Å². The summed E-state index contributed by atoms with van der Waals surface area (Å²) in [6.07, 6.45) is 6.68. The minimum Gasteiger partial charge on any atom is -0.512 e. The molecule has 0 atom stereocenters. The predicted octanol–water partition coefficient (Wildman–Crippen LogP) is 8.85. The Kier molecular flexibility index (Phi) is 12.5. The van der Waals surface area contributed by atoms with Gasteiger partial charge in [0, 0.05) is 55.3 Å². The van der Waals surface area contributed by atoms with Crippen LogP contribution in [0.25, 0.3) is 21.5 Å². The molecule has 1 N–H and O–H groups in total. The quantitative estimate of drug-likeness (QED) is 0.0835. The Balaban J connectivity index is 0.000000271. The molecule has 4 rings (SSSR count). The van der Waals surface area contributed by atoms with Crippen LogP contribution in [-0.4, -0.2) is 15.9 Å². The van der Waals surface area contributed by atoms with Crippen LogP contribution in [-0.2, 0) is 24.9 Å². The molecule has 4 nitrogen and oxygen atoms in total. The molecule has 0 saturated carbocycles. The number of allylic oxidation sites excluding steroid dienone is 2. The number of carbonyl (C=O) groups is 1. The fraction of sp³-hybridized carbons (Fsp3) is 0.312. The zero-order valence-electron chi connectivity index (χ0n) is 22.0. The number of ether oxygens (including phenoxy) is 1. The van der Waals surface area contributed by atoms with Gasteiger partial charge in [-0.15, -0.1) is 12.1 Å². The van der Waals surface area contributed by atoms with Gasteiger partial charge in [-0.3, -0.25) is 4.79 Å². The number of rotatable bonds is 9. The Morgan fingerprint density at radius 2 is 1.51 bits per heavy atom. The van der Waals surface area contributed by atoms with Crippen LogP contribution in [0.2, 0.25) is 0 Å². The molecule has 0 amide bonds. The molecule has 0 unspecified atom stereocenters. The second-order valence-corrected chi connectivity index (χ2v) is 8.86. The Labute approximate surface area is 234 Å². The third-order valence-corrected chi connectivity index (χ3v) is 6.56. The molecule has 1 radical (unpaired) electrons. The maximum absolute atomic E-state index is 11.7. The number of nitrogens with zero attached hydrogens (tertiary/aromatic N) is 1. The van der Waals surface area contributed by atoms with Crippen molar-refractivity contribution in [1.82, 2.24) is 4.98 Å². The zero-order chi connectivity index (χ0) is 25.9. The summed E-state index contributed by atoms with van der Waals surface area (Å²) in [6.45, 7) is 8.07. The number of hydrogen-bond acceptors (Lipinski definition) is 4. The first-order valence-electron chi connectivity index (χ1n) is 12.9. The van der Waals surface area contributed by atoms with E-state index in [1.54, 1.807) is 6.20 Å². The topological polar surface area (TPSA) is 59.4 Å². The van der Waals surface area contributed by atoms with E-state index in [-0.39, 0.29) is 43.5 Å². The third-order valence-electron chi connectivity index (χ3n) is 6.56. The number of benzene rings is 3. The van der Waals surface area contributed by atoms with Gasteiger partial charge >= 0.3 is 0 Å². The monoisotopic (exact) mass is 675 g/mol. The molecule has 0 aliphatic carbocycles. The maximum Gasteiger partial charge on any atom is 0.224 e. The van der Waals surface area contributed by atoms with Gasteiger partial charge < -0.3 is 9.84 Å². The van der Waals surface area contributed by atoms with Gasteiger partial charge in [-0.05, 0) is 60.0 Å². The number of ketones is 1. The Bertz CT molecular complexity index is 1300. The molecule has 0 saturated heterocycles. The van der Waals surface area contributed by atoms with Crippen LogP contribution in [0.15, 0.2) is 84.8 Å². The Morgan fingerprint density at radius 1 is 0.892 bits per heavy atom. The molecule has 0 bridgehead atoms. The second kappa shape index (κ2) is 15.3. The average molecular weight is 675 g/mol. The summed E-state index contributed by atoms with van der Waals surface area (Å²) < 4.78 is 5.87. The van der Waals surface area contributed by atoms with Crippen molar-refractivity contribution in [3.05, 3.63) is 90.8 Å². The zero-order valence-corrected chi connectivity index (χ0v) is 24.4. The number of aliphatic hydroxyl groups is 1. The normalized spacial score (nSPS) is 11.2. The van der Waals surface area contributed by atoms with Crippen LogP contribution in [0, 0.1) is 17.9 Å². The van der Waals surface area contributed by atoms with Crippen molar-refractivity contribution in [3.63, 3.8) is 0 Å². The number of aliphatic hydroxyl groups excluding tert-OH is 1. The summed E-state index contributed by atoms with van der Waals surface area (Å²) in [5, 5.41) is 14.3. The van der Waals surface area contributed by atoms with Crippen LogP contribution in [0.1, 0.15) is 53.4 Å². The fourth-order valence-corrected chi connectivity index (χ4v) is 4.24. The van der Waals surface area contributed by atoms with E-state index in [2.05, 4.69) is 35.3 Å². The number of aromatic nitrogens is 1. The van der Waals surface area contributed by atoms with Crippen LogP contribution in [0.5, 0.6) is 11.6 Å². The van der Waals surface area contributed by atoms with Gasteiger partial charge in [-0.25, -0.2) is 4.98 Å². The number of fused-ring (bicyclic) bond motifs is 2. The molecular formula is C32H36IrNO3-. The number of para-hydroxylation sites is 1. The van der Waals surface area contributed by atoms with Crippen LogP contribution in [0.3, 0.4) is 0 Å². The molecule has 0 fully saturated rings. The molecule has 1 aromatic heterocycles. The number of pyridine rings is 1. The predicted molar refractivity (Wildman–Crippen MR) is 148 cm³/mol. The van der Waals surface area contributed by atoms with E-state index in [9.17, 15) is 9.90 Å². The van der Waals surface area contributed by atoms with Gasteiger partial charge in [0.05, 0.1) is 5.76 Å². The molecule has 37 heavy (non-hydrogen) atoms. The van der Waals surface area contributed by atoms with Gasteiger partial charge in [0.1, 0.15) is 0 Å². The van der Waals surface area contributed by atoms with Gasteiger partial charge in [0.2, 0.25) is 5.88 Å².